The summed E-state index contributed by atoms with van der Waals surface area (Å²) in [6.45, 7) is 2.15. The molecule has 0 radical (unpaired) electrons. The van der Waals surface area contributed by atoms with Crippen LogP contribution in [-0.4, -0.2) is 12.5 Å². The Hall–Kier alpha value is -0.240. The van der Waals surface area contributed by atoms with Crippen molar-refractivity contribution in [3.63, 3.8) is 0 Å². The highest BCUT2D eigenvalue weighted by molar-refractivity contribution is 8.03. The molecule has 0 spiro atoms. The Bertz CT molecular complexity index is 118. The number of allylic oxidation sites excluding steroid dienone is 2. The van der Waals surface area contributed by atoms with Crippen molar-refractivity contribution in [1.29, 1.82) is 0 Å². The molecule has 0 rings (SSSR count). The van der Waals surface area contributed by atoms with E-state index in [4.69, 9.17) is 0 Å². The van der Waals surface area contributed by atoms with Gasteiger partial charge in [0, 0.05) is 4.91 Å². The zero-order valence-corrected chi connectivity index (χ0v) is 7.41. The van der Waals surface area contributed by atoms with Gasteiger partial charge in [0.05, 0.1) is 0 Å². The number of carbonyl (C=O) groups is 1. The molecule has 0 saturated heterocycles. The van der Waals surface area contributed by atoms with Crippen LogP contribution in [0.3, 0.4) is 0 Å². The van der Waals surface area contributed by atoms with Gasteiger partial charge in [-0.1, -0.05) is 25.8 Å². The normalized spacial score (nSPS) is 11.6. The number of carbonyl (C=O) groups excluding carboxylic acids is 1. The van der Waals surface area contributed by atoms with Gasteiger partial charge in [0.2, 0.25) is 0 Å². The van der Waals surface area contributed by atoms with Gasteiger partial charge in [0.15, 0.2) is 6.29 Å². The van der Waals surface area contributed by atoms with E-state index in [0.29, 0.717) is 0 Å². The topological polar surface area (TPSA) is 17.1 Å². The minimum Gasteiger partial charge on any atom is -0.297 e. The van der Waals surface area contributed by atoms with Gasteiger partial charge in [-0.3, -0.25) is 4.79 Å². The first-order valence-corrected chi connectivity index (χ1v) is 4.77. The first kappa shape index (κ1) is 9.76. The Morgan fingerprint density at radius 3 is 2.70 bits per heavy atom. The van der Waals surface area contributed by atoms with Crippen LogP contribution in [-0.2, 0) is 4.79 Å². The van der Waals surface area contributed by atoms with Crippen molar-refractivity contribution in [1.82, 2.24) is 0 Å². The molecular formula is C8H14OS. The average molecular weight is 158 g/mol. The summed E-state index contributed by atoms with van der Waals surface area (Å²) in [6, 6.07) is 0. The van der Waals surface area contributed by atoms with Gasteiger partial charge >= 0.3 is 0 Å². The molecule has 0 heterocycles. The zero-order valence-electron chi connectivity index (χ0n) is 6.59. The van der Waals surface area contributed by atoms with Crippen molar-refractivity contribution >= 4 is 18.0 Å². The third-order valence-electron chi connectivity index (χ3n) is 1.26. The standard InChI is InChI=1S/C8H14OS/c1-3-4-5-6-8(7-9)10-2/h6-7H,3-5H2,1-2H3/b8-6-. The van der Waals surface area contributed by atoms with E-state index < -0.39 is 0 Å². The third-order valence-corrected chi connectivity index (χ3v) is 1.99. The van der Waals surface area contributed by atoms with E-state index in [1.165, 1.54) is 24.6 Å². The van der Waals surface area contributed by atoms with Gasteiger partial charge in [-0.2, -0.15) is 0 Å². The Balaban J connectivity index is 3.53. The second-order valence-electron chi connectivity index (χ2n) is 2.07. The van der Waals surface area contributed by atoms with Crippen LogP contribution < -0.4 is 0 Å². The molecule has 0 aliphatic carbocycles. The van der Waals surface area contributed by atoms with Gasteiger partial charge in [0.1, 0.15) is 0 Å². The van der Waals surface area contributed by atoms with E-state index in [9.17, 15) is 4.79 Å². The van der Waals surface area contributed by atoms with Crippen molar-refractivity contribution in [3.05, 3.63) is 11.0 Å². The van der Waals surface area contributed by atoms with Crippen LogP contribution in [0.15, 0.2) is 11.0 Å². The van der Waals surface area contributed by atoms with Crippen LogP contribution >= 0.6 is 11.8 Å². The van der Waals surface area contributed by atoms with Gasteiger partial charge in [0.25, 0.3) is 0 Å². The molecule has 1 nitrogen and oxygen atoms in total. The molecule has 0 atom stereocenters. The smallest absolute Gasteiger partial charge is 0.156 e. The number of hydrogen-bond donors (Lipinski definition) is 0. The van der Waals surface area contributed by atoms with E-state index in [-0.39, 0.29) is 0 Å². The summed E-state index contributed by atoms with van der Waals surface area (Å²) < 4.78 is 0. The molecule has 0 aliphatic rings. The van der Waals surface area contributed by atoms with Crippen LogP contribution in [0.2, 0.25) is 0 Å². The molecule has 58 valence electrons. The monoisotopic (exact) mass is 158 g/mol. The Kier molecular flexibility index (Phi) is 6.71. The lowest BCUT2D eigenvalue weighted by molar-refractivity contribution is -0.104. The summed E-state index contributed by atoms with van der Waals surface area (Å²) in [5.41, 5.74) is 0. The average Bonchev–Trinajstić information content (AvgIpc) is 1.99. The predicted octanol–water partition coefficient (Wildman–Crippen LogP) is 2.62. The largest absolute Gasteiger partial charge is 0.297 e. The van der Waals surface area contributed by atoms with E-state index in [1.54, 1.807) is 0 Å². The summed E-state index contributed by atoms with van der Waals surface area (Å²) >= 11 is 1.51. The minimum absolute atomic E-state index is 0.855. The van der Waals surface area contributed by atoms with Gasteiger partial charge in [-0.15, -0.1) is 11.8 Å². The fraction of sp³-hybridized carbons (Fsp3) is 0.625. The quantitative estimate of drug-likeness (QED) is 0.347. The van der Waals surface area contributed by atoms with Crippen molar-refractivity contribution in [2.24, 2.45) is 0 Å². The highest BCUT2D eigenvalue weighted by Gasteiger charge is 1.88. The van der Waals surface area contributed by atoms with Crippen molar-refractivity contribution in [3.8, 4) is 0 Å². The van der Waals surface area contributed by atoms with Crippen molar-refractivity contribution in [2.75, 3.05) is 6.26 Å². The fourth-order valence-corrected chi connectivity index (χ4v) is 1.01. The lowest BCUT2D eigenvalue weighted by Gasteiger charge is -1.92. The van der Waals surface area contributed by atoms with Gasteiger partial charge in [-0.25, -0.2) is 0 Å². The maximum absolute atomic E-state index is 10.2. The Morgan fingerprint density at radius 2 is 2.30 bits per heavy atom. The molecule has 0 saturated carbocycles. The fourth-order valence-electron chi connectivity index (χ4n) is 0.628. The number of hydrogen-bond acceptors (Lipinski definition) is 2. The van der Waals surface area contributed by atoms with Crippen LogP contribution in [0.4, 0.5) is 0 Å². The van der Waals surface area contributed by atoms with Crippen molar-refractivity contribution < 1.29 is 4.79 Å². The summed E-state index contributed by atoms with van der Waals surface area (Å²) in [4.78, 5) is 11.1. The van der Waals surface area contributed by atoms with Crippen LogP contribution in [0.1, 0.15) is 26.2 Å². The van der Waals surface area contributed by atoms with Crippen molar-refractivity contribution in [2.45, 2.75) is 26.2 Å². The summed E-state index contributed by atoms with van der Waals surface area (Å²) in [5, 5.41) is 0. The molecule has 0 unspecified atom stereocenters. The molecule has 0 aromatic rings. The maximum atomic E-state index is 10.2. The van der Waals surface area contributed by atoms with E-state index in [0.717, 1.165) is 17.6 Å². The third kappa shape index (κ3) is 4.62. The molecular weight excluding hydrogens is 144 g/mol. The minimum atomic E-state index is 0.855. The molecule has 0 fully saturated rings. The van der Waals surface area contributed by atoms with Crippen LogP contribution in [0.25, 0.3) is 0 Å². The number of rotatable bonds is 5. The molecule has 0 N–H and O–H groups in total. The number of aldehydes is 1. The zero-order chi connectivity index (χ0) is 7.82. The number of unbranched alkanes of at least 4 members (excludes halogenated alkanes) is 2. The summed E-state index contributed by atoms with van der Waals surface area (Å²) in [5.74, 6) is 0. The number of thioether (sulfide) groups is 1. The molecule has 0 aliphatic heterocycles. The molecule has 0 bridgehead atoms. The summed E-state index contributed by atoms with van der Waals surface area (Å²) in [6.07, 6.45) is 8.24. The van der Waals surface area contributed by atoms with Gasteiger partial charge in [-0.05, 0) is 12.7 Å². The van der Waals surface area contributed by atoms with Crippen LogP contribution in [0.5, 0.6) is 0 Å². The highest BCUT2D eigenvalue weighted by Crippen LogP contribution is 2.09. The SMILES string of the molecule is CCCC/C=C(/C=O)SC. The Labute approximate surface area is 66.9 Å². The van der Waals surface area contributed by atoms with Gasteiger partial charge < -0.3 is 0 Å². The lowest BCUT2D eigenvalue weighted by Crippen LogP contribution is -1.76. The molecule has 2 heteroatoms. The van der Waals surface area contributed by atoms with Crippen LogP contribution in [0, 0.1) is 0 Å². The first-order valence-electron chi connectivity index (χ1n) is 3.54. The maximum Gasteiger partial charge on any atom is 0.156 e. The lowest BCUT2D eigenvalue weighted by atomic mass is 10.2. The van der Waals surface area contributed by atoms with E-state index >= 15 is 0 Å². The molecule has 0 amide bonds. The summed E-state index contributed by atoms with van der Waals surface area (Å²) in [7, 11) is 0. The molecule has 0 aromatic carbocycles. The second kappa shape index (κ2) is 6.87. The molecule has 10 heavy (non-hydrogen) atoms. The first-order chi connectivity index (χ1) is 4.85. The van der Waals surface area contributed by atoms with E-state index in [1.807, 2.05) is 12.3 Å². The molecule has 0 aromatic heterocycles. The highest BCUT2D eigenvalue weighted by atomic mass is 32.2. The van der Waals surface area contributed by atoms with E-state index in [2.05, 4.69) is 6.92 Å². The Morgan fingerprint density at radius 1 is 1.60 bits per heavy atom. The second-order valence-corrected chi connectivity index (χ2v) is 2.95. The predicted molar refractivity (Wildman–Crippen MR) is 47.2 cm³/mol.